The van der Waals surface area contributed by atoms with Gasteiger partial charge in [0.05, 0.1) is 12.7 Å². The normalized spacial score (nSPS) is 15.3. The molecule has 1 aliphatic rings. The van der Waals surface area contributed by atoms with Gasteiger partial charge in [-0.1, -0.05) is 6.08 Å². The monoisotopic (exact) mass is 234 g/mol. The smallest absolute Gasteiger partial charge is 0.191 e. The first-order chi connectivity index (χ1) is 8.22. The highest BCUT2D eigenvalue weighted by Gasteiger charge is 2.18. The first-order valence-electron chi connectivity index (χ1n) is 5.79. The minimum Gasteiger partial charge on any atom is -0.497 e. The Kier molecular flexibility index (Phi) is 3.57. The first kappa shape index (κ1) is 11.8. The van der Waals surface area contributed by atoms with Crippen molar-refractivity contribution in [2.24, 2.45) is 0 Å². The highest BCUT2D eigenvalue weighted by atomic mass is 19.1. The summed E-state index contributed by atoms with van der Waals surface area (Å²) in [6.45, 7) is 0. The molecular weight excluding hydrogens is 219 g/mol. The molecule has 0 fully saturated rings. The van der Waals surface area contributed by atoms with E-state index in [2.05, 4.69) is 0 Å². The van der Waals surface area contributed by atoms with Gasteiger partial charge in [-0.3, -0.25) is 4.79 Å². The van der Waals surface area contributed by atoms with Crippen LogP contribution in [-0.4, -0.2) is 12.9 Å². The maximum Gasteiger partial charge on any atom is 0.191 e. The number of halogens is 1. The molecule has 0 unspecified atom stereocenters. The number of allylic oxidation sites excluding steroid dienone is 2. The fourth-order valence-corrected chi connectivity index (χ4v) is 2.02. The second-order valence-corrected chi connectivity index (χ2v) is 4.15. The van der Waals surface area contributed by atoms with Crippen molar-refractivity contribution in [3.05, 3.63) is 41.2 Å². The van der Waals surface area contributed by atoms with Gasteiger partial charge >= 0.3 is 0 Å². The lowest BCUT2D eigenvalue weighted by Crippen LogP contribution is -2.08. The molecule has 90 valence electrons. The van der Waals surface area contributed by atoms with Crippen molar-refractivity contribution in [3.8, 4) is 5.75 Å². The number of hydrogen-bond acceptors (Lipinski definition) is 2. The van der Waals surface area contributed by atoms with E-state index >= 15 is 0 Å². The summed E-state index contributed by atoms with van der Waals surface area (Å²) >= 11 is 0. The topological polar surface area (TPSA) is 26.3 Å². The summed E-state index contributed by atoms with van der Waals surface area (Å²) in [5.74, 6) is -0.276. The molecule has 0 N–H and O–H groups in total. The zero-order chi connectivity index (χ0) is 12.3. The van der Waals surface area contributed by atoms with E-state index in [0.717, 1.165) is 31.3 Å². The number of methoxy groups -OCH3 is 1. The predicted octanol–water partition coefficient (Wildman–Crippen LogP) is 3.52. The Balaban J connectivity index is 2.27. The molecule has 17 heavy (non-hydrogen) atoms. The van der Waals surface area contributed by atoms with Crippen LogP contribution in [0.5, 0.6) is 5.75 Å². The van der Waals surface area contributed by atoms with E-state index in [1.54, 1.807) is 6.07 Å². The van der Waals surface area contributed by atoms with Crippen LogP contribution < -0.4 is 4.74 Å². The third-order valence-electron chi connectivity index (χ3n) is 3.00. The predicted molar refractivity (Wildman–Crippen MR) is 63.8 cm³/mol. The molecule has 0 aromatic heterocycles. The molecule has 0 spiro atoms. The van der Waals surface area contributed by atoms with Gasteiger partial charge in [-0.15, -0.1) is 0 Å². The van der Waals surface area contributed by atoms with Gasteiger partial charge in [0.1, 0.15) is 11.6 Å². The van der Waals surface area contributed by atoms with E-state index in [9.17, 15) is 9.18 Å². The van der Waals surface area contributed by atoms with Crippen LogP contribution >= 0.6 is 0 Å². The third-order valence-corrected chi connectivity index (χ3v) is 3.00. The lowest BCUT2D eigenvalue weighted by molar-refractivity contribution is 0.102. The summed E-state index contributed by atoms with van der Waals surface area (Å²) in [6, 6.07) is 4.35. The molecule has 3 heteroatoms. The van der Waals surface area contributed by atoms with E-state index in [4.69, 9.17) is 4.74 Å². The number of carbonyl (C=O) groups excluding carboxylic acids is 1. The van der Waals surface area contributed by atoms with Crippen LogP contribution in [0.25, 0.3) is 0 Å². The number of ketones is 1. The Morgan fingerprint density at radius 2 is 2.18 bits per heavy atom. The Bertz CT molecular complexity index is 463. The van der Waals surface area contributed by atoms with E-state index in [-0.39, 0.29) is 11.3 Å². The van der Waals surface area contributed by atoms with Crippen LogP contribution in [0.3, 0.4) is 0 Å². The van der Waals surface area contributed by atoms with Gasteiger partial charge in [-0.05, 0) is 43.4 Å². The van der Waals surface area contributed by atoms with Crippen LogP contribution in [-0.2, 0) is 0 Å². The SMILES string of the molecule is COc1ccc(C(=O)C2=CCCCC2)c(F)c1. The Hall–Kier alpha value is -1.64. The van der Waals surface area contributed by atoms with Gasteiger partial charge < -0.3 is 4.74 Å². The fraction of sp³-hybridized carbons (Fsp3) is 0.357. The number of rotatable bonds is 3. The van der Waals surface area contributed by atoms with Gasteiger partial charge in [0, 0.05) is 6.07 Å². The van der Waals surface area contributed by atoms with Gasteiger partial charge in [0.25, 0.3) is 0 Å². The Labute approximate surface area is 100 Å². The van der Waals surface area contributed by atoms with Crippen LogP contribution in [0, 0.1) is 5.82 Å². The van der Waals surface area contributed by atoms with Crippen LogP contribution in [0.4, 0.5) is 4.39 Å². The highest BCUT2D eigenvalue weighted by Crippen LogP contribution is 2.24. The second-order valence-electron chi connectivity index (χ2n) is 4.15. The van der Waals surface area contributed by atoms with Crippen molar-refractivity contribution in [2.45, 2.75) is 25.7 Å². The van der Waals surface area contributed by atoms with E-state index < -0.39 is 5.82 Å². The number of Topliss-reactive ketones (excluding diaryl/α,β-unsaturated/α-hetero) is 1. The van der Waals surface area contributed by atoms with Crippen molar-refractivity contribution in [2.75, 3.05) is 7.11 Å². The van der Waals surface area contributed by atoms with Gasteiger partial charge in [0.2, 0.25) is 0 Å². The van der Waals surface area contributed by atoms with E-state index in [0.29, 0.717) is 5.75 Å². The van der Waals surface area contributed by atoms with Crippen LogP contribution in [0.15, 0.2) is 29.8 Å². The zero-order valence-electron chi connectivity index (χ0n) is 9.83. The molecule has 0 saturated carbocycles. The van der Waals surface area contributed by atoms with Crippen molar-refractivity contribution in [3.63, 3.8) is 0 Å². The van der Waals surface area contributed by atoms with Crippen molar-refractivity contribution in [1.82, 2.24) is 0 Å². The average molecular weight is 234 g/mol. The molecule has 0 amide bonds. The molecule has 1 aromatic rings. The highest BCUT2D eigenvalue weighted by molar-refractivity contribution is 6.08. The lowest BCUT2D eigenvalue weighted by atomic mass is 9.93. The summed E-state index contributed by atoms with van der Waals surface area (Å²) < 4.78 is 18.6. The fourth-order valence-electron chi connectivity index (χ4n) is 2.02. The summed E-state index contributed by atoms with van der Waals surface area (Å²) in [5.41, 5.74) is 0.874. The average Bonchev–Trinajstić information content (AvgIpc) is 2.39. The van der Waals surface area contributed by atoms with Gasteiger partial charge in [-0.25, -0.2) is 4.39 Å². The molecule has 0 saturated heterocycles. The minimum atomic E-state index is -0.513. The summed E-state index contributed by atoms with van der Waals surface area (Å²) in [7, 11) is 1.47. The summed E-state index contributed by atoms with van der Waals surface area (Å²) in [5, 5.41) is 0. The maximum atomic E-state index is 13.7. The third kappa shape index (κ3) is 2.54. The van der Waals surface area contributed by atoms with Gasteiger partial charge in [-0.2, -0.15) is 0 Å². The number of ether oxygens (including phenoxy) is 1. The van der Waals surface area contributed by atoms with Gasteiger partial charge in [0.15, 0.2) is 5.78 Å². The van der Waals surface area contributed by atoms with E-state index in [1.165, 1.54) is 19.2 Å². The molecule has 0 bridgehead atoms. The molecular formula is C14H15FO2. The maximum absolute atomic E-state index is 13.7. The molecule has 2 rings (SSSR count). The largest absolute Gasteiger partial charge is 0.497 e. The zero-order valence-corrected chi connectivity index (χ0v) is 9.83. The van der Waals surface area contributed by atoms with Crippen molar-refractivity contribution >= 4 is 5.78 Å². The van der Waals surface area contributed by atoms with Crippen molar-refractivity contribution < 1.29 is 13.9 Å². The standard InChI is InChI=1S/C14H15FO2/c1-17-11-7-8-12(13(15)9-11)14(16)10-5-3-2-4-6-10/h5,7-9H,2-4,6H2,1H3. The lowest BCUT2D eigenvalue weighted by Gasteiger charge is -2.12. The van der Waals surface area contributed by atoms with Crippen LogP contribution in [0.2, 0.25) is 0 Å². The molecule has 0 heterocycles. The quantitative estimate of drug-likeness (QED) is 0.748. The minimum absolute atomic E-state index is 0.138. The molecule has 2 nitrogen and oxygen atoms in total. The molecule has 0 atom stereocenters. The molecule has 1 aliphatic carbocycles. The number of benzene rings is 1. The van der Waals surface area contributed by atoms with E-state index in [1.807, 2.05) is 6.08 Å². The summed E-state index contributed by atoms with van der Waals surface area (Å²) in [4.78, 5) is 12.1. The number of carbonyl (C=O) groups is 1. The first-order valence-corrected chi connectivity index (χ1v) is 5.79. The Morgan fingerprint density at radius 1 is 1.35 bits per heavy atom. The Morgan fingerprint density at radius 3 is 2.76 bits per heavy atom. The molecule has 0 radical (unpaired) electrons. The van der Waals surface area contributed by atoms with Crippen LogP contribution in [0.1, 0.15) is 36.0 Å². The second kappa shape index (κ2) is 5.13. The number of hydrogen-bond donors (Lipinski definition) is 0. The summed E-state index contributed by atoms with van der Waals surface area (Å²) in [6.07, 6.45) is 5.72. The molecule has 0 aliphatic heterocycles. The van der Waals surface area contributed by atoms with Crippen molar-refractivity contribution in [1.29, 1.82) is 0 Å². The molecule has 1 aromatic carbocycles.